The molecular weight excluding hydrogens is 224 g/mol. The van der Waals surface area contributed by atoms with E-state index in [1.54, 1.807) is 24.3 Å². The minimum Gasteiger partial charge on any atom is -0.545 e. The number of hydrogen-bond acceptors (Lipinski definition) is 2. The van der Waals surface area contributed by atoms with Gasteiger partial charge in [0, 0.05) is 5.02 Å². The van der Waals surface area contributed by atoms with Crippen LogP contribution in [0.4, 0.5) is 0 Å². The maximum atomic E-state index is 10.7. The summed E-state index contributed by atoms with van der Waals surface area (Å²) >= 11 is 5.78. The second-order valence-electron chi connectivity index (χ2n) is 3.38. The van der Waals surface area contributed by atoms with Gasteiger partial charge in [0.25, 0.3) is 0 Å². The highest BCUT2D eigenvalue weighted by Crippen LogP contribution is 2.22. The Hall–Kier alpha value is -1.80. The van der Waals surface area contributed by atoms with Crippen molar-refractivity contribution in [3.8, 4) is 11.1 Å². The van der Waals surface area contributed by atoms with Gasteiger partial charge in [0.05, 0.1) is 5.97 Å². The molecule has 3 heteroatoms. The quantitative estimate of drug-likeness (QED) is 0.796. The van der Waals surface area contributed by atoms with Crippen molar-refractivity contribution in [1.82, 2.24) is 0 Å². The zero-order valence-corrected chi connectivity index (χ0v) is 9.07. The molecular formula is C13H8ClO2-. The fourth-order valence-electron chi connectivity index (χ4n) is 1.47. The van der Waals surface area contributed by atoms with E-state index in [1.807, 2.05) is 18.2 Å². The van der Waals surface area contributed by atoms with Crippen molar-refractivity contribution < 1.29 is 9.90 Å². The van der Waals surface area contributed by atoms with Gasteiger partial charge in [-0.2, -0.15) is 0 Å². The molecule has 2 nitrogen and oxygen atoms in total. The number of carboxylic acids is 1. The first-order chi connectivity index (χ1) is 7.66. The second-order valence-corrected chi connectivity index (χ2v) is 3.81. The average molecular weight is 232 g/mol. The zero-order valence-electron chi connectivity index (χ0n) is 8.31. The van der Waals surface area contributed by atoms with Crippen LogP contribution in [-0.4, -0.2) is 5.97 Å². The van der Waals surface area contributed by atoms with Crippen LogP contribution < -0.4 is 5.11 Å². The number of carbonyl (C=O) groups is 1. The average Bonchev–Trinajstić information content (AvgIpc) is 2.30. The summed E-state index contributed by atoms with van der Waals surface area (Å²) in [5.41, 5.74) is 1.93. The van der Waals surface area contributed by atoms with Gasteiger partial charge in [0.15, 0.2) is 0 Å². The zero-order chi connectivity index (χ0) is 11.5. The van der Waals surface area contributed by atoms with Crippen molar-refractivity contribution in [3.63, 3.8) is 0 Å². The summed E-state index contributed by atoms with van der Waals surface area (Å²) < 4.78 is 0. The molecule has 2 aromatic carbocycles. The smallest absolute Gasteiger partial charge is 0.0715 e. The number of benzene rings is 2. The molecule has 0 aliphatic rings. The molecule has 0 unspecified atom stereocenters. The lowest BCUT2D eigenvalue weighted by Gasteiger charge is -2.06. The molecule has 0 radical (unpaired) electrons. The fourth-order valence-corrected chi connectivity index (χ4v) is 1.59. The molecule has 0 aliphatic heterocycles. The molecule has 80 valence electrons. The number of carbonyl (C=O) groups excluding carboxylic acids is 1. The molecule has 2 rings (SSSR count). The molecule has 2 aromatic rings. The summed E-state index contributed by atoms with van der Waals surface area (Å²) in [6.45, 7) is 0. The molecule has 0 N–H and O–H groups in total. The summed E-state index contributed by atoms with van der Waals surface area (Å²) in [5, 5.41) is 11.4. The third kappa shape index (κ3) is 2.23. The van der Waals surface area contributed by atoms with E-state index in [2.05, 4.69) is 0 Å². The SMILES string of the molecule is O=C([O-])c1cccc(-c2ccc(Cl)cc2)c1. The van der Waals surface area contributed by atoms with Crippen LogP contribution >= 0.6 is 11.6 Å². The van der Waals surface area contributed by atoms with Crippen molar-refractivity contribution in [2.75, 3.05) is 0 Å². The van der Waals surface area contributed by atoms with Gasteiger partial charge < -0.3 is 9.90 Å². The molecule has 16 heavy (non-hydrogen) atoms. The van der Waals surface area contributed by atoms with Crippen LogP contribution in [0.5, 0.6) is 0 Å². The lowest BCUT2D eigenvalue weighted by atomic mass is 10.0. The van der Waals surface area contributed by atoms with Crippen LogP contribution in [0.2, 0.25) is 5.02 Å². The molecule has 0 aliphatic carbocycles. The van der Waals surface area contributed by atoms with Gasteiger partial charge in [-0.1, -0.05) is 41.9 Å². The normalized spacial score (nSPS) is 10.1. The van der Waals surface area contributed by atoms with E-state index in [4.69, 9.17) is 11.6 Å². The van der Waals surface area contributed by atoms with Crippen LogP contribution in [0.25, 0.3) is 11.1 Å². The van der Waals surface area contributed by atoms with Gasteiger partial charge >= 0.3 is 0 Å². The molecule has 0 saturated carbocycles. The van der Waals surface area contributed by atoms with Crippen molar-refractivity contribution in [2.24, 2.45) is 0 Å². The van der Waals surface area contributed by atoms with E-state index in [0.29, 0.717) is 5.02 Å². The van der Waals surface area contributed by atoms with Crippen molar-refractivity contribution in [3.05, 3.63) is 59.1 Å². The molecule has 0 atom stereocenters. The Morgan fingerprint density at radius 2 is 1.69 bits per heavy atom. The number of carboxylic acid groups (broad SMARTS) is 1. The summed E-state index contributed by atoms with van der Waals surface area (Å²) in [6.07, 6.45) is 0. The maximum Gasteiger partial charge on any atom is 0.0715 e. The molecule has 0 spiro atoms. The molecule has 0 saturated heterocycles. The summed E-state index contributed by atoms with van der Waals surface area (Å²) in [7, 11) is 0. The lowest BCUT2D eigenvalue weighted by molar-refractivity contribution is -0.255. The Labute approximate surface area is 98.1 Å². The van der Waals surface area contributed by atoms with Gasteiger partial charge in [-0.15, -0.1) is 0 Å². The molecule has 0 bridgehead atoms. The topological polar surface area (TPSA) is 40.1 Å². The summed E-state index contributed by atoms with van der Waals surface area (Å²) in [5.74, 6) is -1.17. The summed E-state index contributed by atoms with van der Waals surface area (Å²) in [6, 6.07) is 13.8. The van der Waals surface area contributed by atoms with Gasteiger partial charge in [0.2, 0.25) is 0 Å². The number of halogens is 1. The van der Waals surface area contributed by atoms with Gasteiger partial charge in [-0.25, -0.2) is 0 Å². The minimum absolute atomic E-state index is 0.174. The largest absolute Gasteiger partial charge is 0.545 e. The van der Waals surface area contributed by atoms with Crippen LogP contribution in [-0.2, 0) is 0 Å². The highest BCUT2D eigenvalue weighted by Gasteiger charge is 1.99. The Kier molecular flexibility index (Phi) is 2.93. The lowest BCUT2D eigenvalue weighted by Crippen LogP contribution is -2.22. The first-order valence-corrected chi connectivity index (χ1v) is 5.12. The Morgan fingerprint density at radius 3 is 2.31 bits per heavy atom. The van der Waals surface area contributed by atoms with Crippen LogP contribution in [0, 0.1) is 0 Å². The number of rotatable bonds is 2. The molecule has 0 heterocycles. The maximum absolute atomic E-state index is 10.7. The Morgan fingerprint density at radius 1 is 1.00 bits per heavy atom. The van der Waals surface area contributed by atoms with E-state index in [-0.39, 0.29) is 5.56 Å². The predicted molar refractivity (Wildman–Crippen MR) is 61.2 cm³/mol. The van der Waals surface area contributed by atoms with Crippen molar-refractivity contribution in [1.29, 1.82) is 0 Å². The number of aromatic carboxylic acids is 1. The Balaban J connectivity index is 2.44. The minimum atomic E-state index is -1.17. The van der Waals surface area contributed by atoms with Crippen LogP contribution in [0.15, 0.2) is 48.5 Å². The van der Waals surface area contributed by atoms with Crippen LogP contribution in [0.1, 0.15) is 10.4 Å². The molecule has 0 aromatic heterocycles. The van der Waals surface area contributed by atoms with Gasteiger partial charge in [0.1, 0.15) is 0 Å². The van der Waals surface area contributed by atoms with E-state index in [9.17, 15) is 9.90 Å². The fraction of sp³-hybridized carbons (Fsp3) is 0. The highest BCUT2D eigenvalue weighted by atomic mass is 35.5. The third-order valence-corrected chi connectivity index (χ3v) is 2.53. The Bertz CT molecular complexity index is 518. The first kappa shape index (κ1) is 10.7. The van der Waals surface area contributed by atoms with E-state index >= 15 is 0 Å². The monoisotopic (exact) mass is 231 g/mol. The third-order valence-electron chi connectivity index (χ3n) is 2.28. The summed E-state index contributed by atoms with van der Waals surface area (Å²) in [4.78, 5) is 10.7. The van der Waals surface area contributed by atoms with Crippen molar-refractivity contribution >= 4 is 17.6 Å². The van der Waals surface area contributed by atoms with Crippen LogP contribution in [0.3, 0.4) is 0 Å². The van der Waals surface area contributed by atoms with E-state index < -0.39 is 5.97 Å². The standard InChI is InChI=1S/C13H9ClO2/c14-12-6-4-9(5-7-12)10-2-1-3-11(8-10)13(15)16/h1-8H,(H,15,16)/p-1. The van der Waals surface area contributed by atoms with E-state index in [0.717, 1.165) is 11.1 Å². The van der Waals surface area contributed by atoms with Gasteiger partial charge in [-0.3, -0.25) is 0 Å². The molecule has 0 amide bonds. The molecule has 0 fully saturated rings. The second kappa shape index (κ2) is 4.37. The highest BCUT2D eigenvalue weighted by molar-refractivity contribution is 6.30. The van der Waals surface area contributed by atoms with E-state index in [1.165, 1.54) is 6.07 Å². The predicted octanol–water partition coefficient (Wildman–Crippen LogP) is 2.37. The first-order valence-electron chi connectivity index (χ1n) is 4.74. The van der Waals surface area contributed by atoms with Gasteiger partial charge in [-0.05, 0) is 34.9 Å². The number of hydrogen-bond donors (Lipinski definition) is 0. The van der Waals surface area contributed by atoms with Crippen molar-refractivity contribution in [2.45, 2.75) is 0 Å².